The predicted molar refractivity (Wildman–Crippen MR) is 122 cm³/mol. The number of nitrogens with zero attached hydrogens (tertiary/aromatic N) is 2. The molecule has 0 spiro atoms. The summed E-state index contributed by atoms with van der Waals surface area (Å²) in [5, 5.41) is 2.93. The van der Waals surface area contributed by atoms with Crippen LogP contribution in [0.5, 0.6) is 5.75 Å². The molecule has 2 aromatic rings. The highest BCUT2D eigenvalue weighted by Gasteiger charge is 2.18. The molecule has 1 heterocycles. The number of anilines is 1. The van der Waals surface area contributed by atoms with Crippen molar-refractivity contribution in [3.05, 3.63) is 59.2 Å². The standard InChI is InChI=1S/C23H29N3O2S/c1-4-25-12-14-26(15-13-25)23(29)19-8-10-20(11-9-19)28-16-21(27)24-22-17(2)6-5-7-18(22)3/h5-11H,4,12-16H2,1-3H3,(H,24,27). The lowest BCUT2D eigenvalue weighted by molar-refractivity contribution is -0.118. The van der Waals surface area contributed by atoms with Crippen LogP contribution in [0.3, 0.4) is 0 Å². The number of carbonyl (C=O) groups is 1. The molecule has 0 bridgehead atoms. The first-order chi connectivity index (χ1) is 14.0. The second-order valence-corrected chi connectivity index (χ2v) is 7.74. The Morgan fingerprint density at radius 3 is 2.24 bits per heavy atom. The molecule has 0 saturated carbocycles. The smallest absolute Gasteiger partial charge is 0.262 e. The highest BCUT2D eigenvalue weighted by Crippen LogP contribution is 2.20. The van der Waals surface area contributed by atoms with E-state index in [-0.39, 0.29) is 12.5 Å². The van der Waals surface area contributed by atoms with Gasteiger partial charge >= 0.3 is 0 Å². The van der Waals surface area contributed by atoms with Gasteiger partial charge in [-0.1, -0.05) is 37.3 Å². The Morgan fingerprint density at radius 2 is 1.66 bits per heavy atom. The van der Waals surface area contributed by atoms with Crippen molar-refractivity contribution in [3.8, 4) is 5.75 Å². The third-order valence-electron chi connectivity index (χ3n) is 5.32. The summed E-state index contributed by atoms with van der Waals surface area (Å²) in [6.07, 6.45) is 0. The summed E-state index contributed by atoms with van der Waals surface area (Å²) < 4.78 is 5.65. The van der Waals surface area contributed by atoms with E-state index < -0.39 is 0 Å². The molecule has 5 nitrogen and oxygen atoms in total. The number of para-hydroxylation sites is 1. The van der Waals surface area contributed by atoms with E-state index >= 15 is 0 Å². The Morgan fingerprint density at radius 1 is 1.03 bits per heavy atom. The summed E-state index contributed by atoms with van der Waals surface area (Å²) in [6.45, 7) is 11.2. The minimum Gasteiger partial charge on any atom is -0.484 e. The van der Waals surface area contributed by atoms with E-state index in [0.717, 1.165) is 60.1 Å². The van der Waals surface area contributed by atoms with Gasteiger partial charge in [0.05, 0.1) is 0 Å². The molecular weight excluding hydrogens is 382 g/mol. The zero-order valence-corrected chi connectivity index (χ0v) is 18.2. The fraction of sp³-hybridized carbons (Fsp3) is 0.391. The van der Waals surface area contributed by atoms with Crippen molar-refractivity contribution in [2.45, 2.75) is 20.8 Å². The van der Waals surface area contributed by atoms with Gasteiger partial charge in [0.15, 0.2) is 6.61 Å². The molecule has 0 aromatic heterocycles. The van der Waals surface area contributed by atoms with Gasteiger partial charge in [0.2, 0.25) is 0 Å². The van der Waals surface area contributed by atoms with E-state index in [1.807, 2.05) is 56.3 Å². The number of benzene rings is 2. The predicted octanol–water partition coefficient (Wildman–Crippen LogP) is 3.63. The molecule has 0 radical (unpaired) electrons. The highest BCUT2D eigenvalue weighted by atomic mass is 32.1. The number of carbonyl (C=O) groups excluding carboxylic acids is 1. The van der Waals surface area contributed by atoms with Gasteiger partial charge in [-0.3, -0.25) is 4.79 Å². The van der Waals surface area contributed by atoms with E-state index in [2.05, 4.69) is 22.0 Å². The highest BCUT2D eigenvalue weighted by molar-refractivity contribution is 7.80. The Kier molecular flexibility index (Phi) is 7.23. The fourth-order valence-corrected chi connectivity index (χ4v) is 3.80. The second kappa shape index (κ2) is 9.85. The Hall–Kier alpha value is -2.44. The summed E-state index contributed by atoms with van der Waals surface area (Å²) in [6, 6.07) is 13.6. The molecule has 2 aromatic carbocycles. The molecule has 3 rings (SSSR count). The molecule has 0 unspecified atom stereocenters. The largest absolute Gasteiger partial charge is 0.484 e. The zero-order chi connectivity index (χ0) is 20.8. The minimum absolute atomic E-state index is 0.0312. The van der Waals surface area contributed by atoms with Gasteiger partial charge in [0.1, 0.15) is 10.7 Å². The molecule has 1 aliphatic rings. The topological polar surface area (TPSA) is 44.8 Å². The summed E-state index contributed by atoms with van der Waals surface area (Å²) in [7, 11) is 0. The van der Waals surface area contributed by atoms with Gasteiger partial charge in [-0.2, -0.15) is 0 Å². The first-order valence-corrected chi connectivity index (χ1v) is 10.5. The van der Waals surface area contributed by atoms with E-state index in [1.54, 1.807) is 0 Å². The number of hydrogen-bond acceptors (Lipinski definition) is 4. The van der Waals surface area contributed by atoms with Gasteiger partial charge in [-0.05, 0) is 55.8 Å². The van der Waals surface area contributed by atoms with Crippen LogP contribution in [0.15, 0.2) is 42.5 Å². The molecule has 0 aliphatic carbocycles. The number of rotatable bonds is 6. The van der Waals surface area contributed by atoms with Crippen LogP contribution >= 0.6 is 12.2 Å². The molecule has 1 N–H and O–H groups in total. The molecule has 1 saturated heterocycles. The van der Waals surface area contributed by atoms with Crippen LogP contribution < -0.4 is 10.1 Å². The third-order valence-corrected chi connectivity index (χ3v) is 5.82. The number of aryl methyl sites for hydroxylation is 2. The fourth-order valence-electron chi connectivity index (χ4n) is 3.48. The summed E-state index contributed by atoms with van der Waals surface area (Å²) >= 11 is 5.66. The van der Waals surface area contributed by atoms with Crippen LogP contribution in [0.1, 0.15) is 23.6 Å². The van der Waals surface area contributed by atoms with Crippen LogP contribution in [-0.2, 0) is 4.79 Å². The number of amides is 1. The van der Waals surface area contributed by atoms with Gasteiger partial charge in [-0.25, -0.2) is 0 Å². The van der Waals surface area contributed by atoms with Crippen LogP contribution in [0.25, 0.3) is 0 Å². The molecule has 29 heavy (non-hydrogen) atoms. The Labute approximate surface area is 178 Å². The van der Waals surface area contributed by atoms with Crippen molar-refractivity contribution in [1.29, 1.82) is 0 Å². The van der Waals surface area contributed by atoms with Gasteiger partial charge in [0, 0.05) is 37.4 Å². The van der Waals surface area contributed by atoms with Crippen LogP contribution in [0.2, 0.25) is 0 Å². The van der Waals surface area contributed by atoms with Crippen LogP contribution in [0, 0.1) is 13.8 Å². The quantitative estimate of drug-likeness (QED) is 0.736. The van der Waals surface area contributed by atoms with E-state index in [1.165, 1.54) is 0 Å². The molecule has 0 atom stereocenters. The monoisotopic (exact) mass is 411 g/mol. The maximum Gasteiger partial charge on any atom is 0.262 e. The maximum atomic E-state index is 12.3. The van der Waals surface area contributed by atoms with Crippen molar-refractivity contribution in [3.63, 3.8) is 0 Å². The summed E-state index contributed by atoms with van der Waals surface area (Å²) in [5.41, 5.74) is 3.94. The lowest BCUT2D eigenvalue weighted by Crippen LogP contribution is -2.48. The number of hydrogen-bond donors (Lipinski definition) is 1. The first kappa shape index (κ1) is 21.3. The molecule has 1 fully saturated rings. The van der Waals surface area contributed by atoms with Gasteiger partial charge in [-0.15, -0.1) is 0 Å². The number of ether oxygens (including phenoxy) is 1. The summed E-state index contributed by atoms with van der Waals surface area (Å²) in [5.74, 6) is 0.486. The van der Waals surface area contributed by atoms with E-state index in [0.29, 0.717) is 5.75 Å². The molecule has 154 valence electrons. The van der Waals surface area contributed by atoms with Crippen molar-refractivity contribution < 1.29 is 9.53 Å². The van der Waals surface area contributed by atoms with Crippen molar-refractivity contribution >= 4 is 28.8 Å². The minimum atomic E-state index is -0.171. The molecule has 6 heteroatoms. The lowest BCUT2D eigenvalue weighted by Gasteiger charge is -2.35. The lowest BCUT2D eigenvalue weighted by atomic mass is 10.1. The van der Waals surface area contributed by atoms with E-state index in [4.69, 9.17) is 17.0 Å². The van der Waals surface area contributed by atoms with Crippen molar-refractivity contribution in [2.24, 2.45) is 0 Å². The van der Waals surface area contributed by atoms with Crippen LogP contribution in [-0.4, -0.2) is 60.0 Å². The summed E-state index contributed by atoms with van der Waals surface area (Å²) in [4.78, 5) is 17.8. The van der Waals surface area contributed by atoms with E-state index in [9.17, 15) is 4.79 Å². The molecular formula is C23H29N3O2S. The number of piperazine rings is 1. The number of thiocarbonyl (C=S) groups is 1. The molecule has 1 amide bonds. The first-order valence-electron chi connectivity index (χ1n) is 10.1. The normalized spacial score (nSPS) is 14.5. The van der Waals surface area contributed by atoms with Crippen molar-refractivity contribution in [2.75, 3.05) is 44.6 Å². The Bertz CT molecular complexity index is 839. The van der Waals surface area contributed by atoms with Gasteiger partial charge < -0.3 is 19.9 Å². The second-order valence-electron chi connectivity index (χ2n) is 7.35. The van der Waals surface area contributed by atoms with Gasteiger partial charge in [0.25, 0.3) is 5.91 Å². The van der Waals surface area contributed by atoms with Crippen molar-refractivity contribution in [1.82, 2.24) is 9.80 Å². The number of likely N-dealkylation sites (N-methyl/N-ethyl adjacent to an activating group) is 1. The zero-order valence-electron chi connectivity index (χ0n) is 17.4. The number of nitrogens with one attached hydrogen (secondary N) is 1. The SMILES string of the molecule is CCN1CCN(C(=S)c2ccc(OCC(=O)Nc3c(C)cccc3C)cc2)CC1. The van der Waals surface area contributed by atoms with Crippen LogP contribution in [0.4, 0.5) is 5.69 Å². The average Bonchev–Trinajstić information content (AvgIpc) is 2.75. The third kappa shape index (κ3) is 5.55. The average molecular weight is 412 g/mol. The maximum absolute atomic E-state index is 12.3. The molecule has 1 aliphatic heterocycles. The Balaban J connectivity index is 1.51.